The Kier molecular flexibility index (Phi) is 3.24. The van der Waals surface area contributed by atoms with Gasteiger partial charge in [0.05, 0.1) is 0 Å². The van der Waals surface area contributed by atoms with Crippen LogP contribution in [-0.4, -0.2) is 12.8 Å². The molecule has 0 saturated heterocycles. The molecule has 2 aliphatic rings. The van der Waals surface area contributed by atoms with Crippen molar-refractivity contribution >= 4 is 11.6 Å². The summed E-state index contributed by atoms with van der Waals surface area (Å²) < 4.78 is 11.0. The molecule has 108 valence electrons. The summed E-state index contributed by atoms with van der Waals surface area (Å²) in [7, 11) is 0. The molecule has 1 aliphatic heterocycles. The van der Waals surface area contributed by atoms with Gasteiger partial charge in [0, 0.05) is 23.2 Å². The topological polar surface area (TPSA) is 30.5 Å². The molecule has 2 aromatic rings. The molecule has 21 heavy (non-hydrogen) atoms. The second-order valence-electron chi connectivity index (χ2n) is 5.55. The largest absolute Gasteiger partial charge is 0.454 e. The number of halogens is 1. The van der Waals surface area contributed by atoms with Crippen molar-refractivity contribution in [2.75, 3.05) is 6.79 Å². The zero-order valence-electron chi connectivity index (χ0n) is 11.6. The minimum atomic E-state index is 0.319. The third-order valence-electron chi connectivity index (χ3n) is 4.16. The summed E-state index contributed by atoms with van der Waals surface area (Å²) in [5.41, 5.74) is 3.91. The van der Waals surface area contributed by atoms with Crippen molar-refractivity contribution in [1.29, 1.82) is 0 Å². The van der Waals surface area contributed by atoms with Gasteiger partial charge in [0.25, 0.3) is 0 Å². The number of fused-ring (bicyclic) bond motifs is 2. The quantitative estimate of drug-likeness (QED) is 0.943. The maximum atomic E-state index is 6.06. The van der Waals surface area contributed by atoms with E-state index in [0.29, 0.717) is 12.8 Å². The van der Waals surface area contributed by atoms with E-state index in [4.69, 9.17) is 21.1 Å². The molecule has 0 aromatic heterocycles. The van der Waals surface area contributed by atoms with Crippen molar-refractivity contribution in [2.45, 2.75) is 25.4 Å². The van der Waals surface area contributed by atoms with Crippen LogP contribution in [0, 0.1) is 0 Å². The number of para-hydroxylation sites is 1. The first-order valence-corrected chi connectivity index (χ1v) is 7.55. The van der Waals surface area contributed by atoms with E-state index in [1.54, 1.807) is 0 Å². The highest BCUT2D eigenvalue weighted by atomic mass is 35.5. The molecule has 1 heterocycles. The molecular formula is C17H16ClNO2. The Balaban J connectivity index is 1.44. The second-order valence-corrected chi connectivity index (χ2v) is 5.99. The average Bonchev–Trinajstić information content (AvgIpc) is 3.10. The first-order valence-electron chi connectivity index (χ1n) is 7.18. The van der Waals surface area contributed by atoms with Crippen LogP contribution in [0.2, 0.25) is 5.02 Å². The molecular weight excluding hydrogens is 286 g/mol. The van der Waals surface area contributed by atoms with Crippen LogP contribution in [0.4, 0.5) is 0 Å². The summed E-state index contributed by atoms with van der Waals surface area (Å²) in [4.78, 5) is 0. The first-order chi connectivity index (χ1) is 10.3. The Morgan fingerprint density at radius 2 is 2.00 bits per heavy atom. The van der Waals surface area contributed by atoms with Crippen LogP contribution < -0.4 is 14.8 Å². The summed E-state index contributed by atoms with van der Waals surface area (Å²) in [6, 6.07) is 12.7. The van der Waals surface area contributed by atoms with Crippen molar-refractivity contribution in [2.24, 2.45) is 0 Å². The zero-order valence-corrected chi connectivity index (χ0v) is 12.3. The van der Waals surface area contributed by atoms with Crippen LogP contribution in [0.15, 0.2) is 36.4 Å². The van der Waals surface area contributed by atoms with Crippen LogP contribution in [0.25, 0.3) is 0 Å². The molecule has 1 unspecified atom stereocenters. The second kappa shape index (κ2) is 5.24. The number of hydrogen-bond acceptors (Lipinski definition) is 3. The Morgan fingerprint density at radius 1 is 1.10 bits per heavy atom. The highest BCUT2D eigenvalue weighted by molar-refractivity contribution is 6.30. The summed E-state index contributed by atoms with van der Waals surface area (Å²) in [5.74, 6) is 1.72. The van der Waals surface area contributed by atoms with Crippen LogP contribution in [0.3, 0.4) is 0 Å². The molecule has 0 spiro atoms. The zero-order chi connectivity index (χ0) is 14.2. The Labute approximate surface area is 128 Å². The lowest BCUT2D eigenvalue weighted by Crippen LogP contribution is -2.29. The molecule has 1 atom stereocenters. The predicted octanol–water partition coefficient (Wildman–Crippen LogP) is 3.33. The number of rotatable bonds is 3. The molecule has 0 radical (unpaired) electrons. The SMILES string of the molecule is Clc1ccc2c(c1)CC(NCc1cccc3c1OCO3)C2. The summed E-state index contributed by atoms with van der Waals surface area (Å²) in [5, 5.41) is 4.44. The van der Waals surface area contributed by atoms with E-state index >= 15 is 0 Å². The maximum absolute atomic E-state index is 6.06. The van der Waals surface area contributed by atoms with Gasteiger partial charge in [-0.2, -0.15) is 0 Å². The fourth-order valence-electron chi connectivity index (χ4n) is 3.12. The monoisotopic (exact) mass is 301 g/mol. The van der Waals surface area contributed by atoms with Gasteiger partial charge in [-0.25, -0.2) is 0 Å². The standard InChI is InChI=1S/C17H16ClNO2/c18-14-5-4-11-7-15(8-13(11)6-14)19-9-12-2-1-3-16-17(12)21-10-20-16/h1-6,15,19H,7-10H2. The molecule has 0 amide bonds. The van der Waals surface area contributed by atoms with Crippen molar-refractivity contribution < 1.29 is 9.47 Å². The van der Waals surface area contributed by atoms with Gasteiger partial charge in [-0.1, -0.05) is 29.8 Å². The van der Waals surface area contributed by atoms with Crippen LogP contribution in [-0.2, 0) is 19.4 Å². The van der Waals surface area contributed by atoms with Gasteiger partial charge in [0.2, 0.25) is 6.79 Å². The normalized spacial score (nSPS) is 18.8. The van der Waals surface area contributed by atoms with Crippen molar-refractivity contribution in [1.82, 2.24) is 5.32 Å². The Bertz CT molecular complexity index is 686. The molecule has 4 heteroatoms. The number of hydrogen-bond donors (Lipinski definition) is 1. The van der Waals surface area contributed by atoms with Crippen LogP contribution >= 0.6 is 11.6 Å². The Hall–Kier alpha value is -1.71. The molecule has 1 N–H and O–H groups in total. The molecule has 3 nitrogen and oxygen atoms in total. The molecule has 4 rings (SSSR count). The summed E-state index contributed by atoms with van der Waals surface area (Å²) in [6.07, 6.45) is 2.08. The fourth-order valence-corrected chi connectivity index (χ4v) is 3.31. The van der Waals surface area contributed by atoms with E-state index in [1.165, 1.54) is 11.1 Å². The van der Waals surface area contributed by atoms with Crippen LogP contribution in [0.1, 0.15) is 16.7 Å². The van der Waals surface area contributed by atoms with Gasteiger partial charge in [0.1, 0.15) is 0 Å². The third kappa shape index (κ3) is 2.47. The molecule has 0 bridgehead atoms. The highest BCUT2D eigenvalue weighted by Crippen LogP contribution is 2.35. The molecule has 0 fully saturated rings. The van der Waals surface area contributed by atoms with Crippen LogP contribution in [0.5, 0.6) is 11.5 Å². The van der Waals surface area contributed by atoms with Crippen molar-refractivity contribution in [3.05, 3.63) is 58.1 Å². The smallest absolute Gasteiger partial charge is 0.231 e. The van der Waals surface area contributed by atoms with E-state index in [1.807, 2.05) is 18.2 Å². The Morgan fingerprint density at radius 3 is 2.95 bits per heavy atom. The van der Waals surface area contributed by atoms with E-state index in [0.717, 1.165) is 41.5 Å². The predicted molar refractivity (Wildman–Crippen MR) is 82.1 cm³/mol. The van der Waals surface area contributed by atoms with Gasteiger partial charge in [0.15, 0.2) is 11.5 Å². The van der Waals surface area contributed by atoms with E-state index in [2.05, 4.69) is 23.5 Å². The number of nitrogens with one attached hydrogen (secondary N) is 1. The van der Waals surface area contributed by atoms with Gasteiger partial charge < -0.3 is 14.8 Å². The lowest BCUT2D eigenvalue weighted by Gasteiger charge is -2.13. The number of ether oxygens (including phenoxy) is 2. The van der Waals surface area contributed by atoms with Gasteiger partial charge in [-0.3, -0.25) is 0 Å². The number of benzene rings is 2. The lowest BCUT2D eigenvalue weighted by atomic mass is 10.1. The lowest BCUT2D eigenvalue weighted by molar-refractivity contribution is 0.173. The third-order valence-corrected chi connectivity index (χ3v) is 4.40. The van der Waals surface area contributed by atoms with E-state index < -0.39 is 0 Å². The van der Waals surface area contributed by atoms with Gasteiger partial charge in [-0.05, 0) is 42.2 Å². The average molecular weight is 302 g/mol. The fraction of sp³-hybridized carbons (Fsp3) is 0.294. The first kappa shape index (κ1) is 13.0. The summed E-state index contributed by atoms with van der Waals surface area (Å²) in [6.45, 7) is 1.11. The van der Waals surface area contributed by atoms with Gasteiger partial charge in [-0.15, -0.1) is 0 Å². The maximum Gasteiger partial charge on any atom is 0.231 e. The molecule has 1 aliphatic carbocycles. The van der Waals surface area contributed by atoms with Gasteiger partial charge >= 0.3 is 0 Å². The van der Waals surface area contributed by atoms with E-state index in [-0.39, 0.29) is 0 Å². The van der Waals surface area contributed by atoms with Crippen molar-refractivity contribution in [3.63, 3.8) is 0 Å². The van der Waals surface area contributed by atoms with E-state index in [9.17, 15) is 0 Å². The molecule has 2 aromatic carbocycles. The minimum Gasteiger partial charge on any atom is -0.454 e. The van der Waals surface area contributed by atoms with Crippen molar-refractivity contribution in [3.8, 4) is 11.5 Å². The molecule has 0 saturated carbocycles. The minimum absolute atomic E-state index is 0.319. The summed E-state index contributed by atoms with van der Waals surface area (Å²) >= 11 is 6.06. The highest BCUT2D eigenvalue weighted by Gasteiger charge is 2.22.